The molecule has 1 aliphatic rings. The normalized spacial score (nSPS) is 13.4. The van der Waals surface area contributed by atoms with E-state index in [-0.39, 0.29) is 5.28 Å². The van der Waals surface area contributed by atoms with Gasteiger partial charge in [-0.1, -0.05) is 23.7 Å². The average molecular weight is 310 g/mol. The van der Waals surface area contributed by atoms with Gasteiger partial charge in [0, 0.05) is 18.7 Å². The minimum atomic E-state index is 0.190. The van der Waals surface area contributed by atoms with Crippen LogP contribution in [-0.2, 0) is 13.0 Å². The van der Waals surface area contributed by atoms with E-state index in [1.807, 2.05) is 24.3 Å². The molecule has 0 saturated carbocycles. The molecule has 6 heteroatoms. The molecule has 0 atom stereocenters. The van der Waals surface area contributed by atoms with Gasteiger partial charge in [0.05, 0.1) is 7.11 Å². The molecule has 0 saturated heterocycles. The summed E-state index contributed by atoms with van der Waals surface area (Å²) >= 11 is 12.0. The van der Waals surface area contributed by atoms with Gasteiger partial charge >= 0.3 is 0 Å². The van der Waals surface area contributed by atoms with Crippen molar-refractivity contribution in [3.05, 3.63) is 45.8 Å². The van der Waals surface area contributed by atoms with Gasteiger partial charge in [-0.15, -0.1) is 0 Å². The van der Waals surface area contributed by atoms with Crippen LogP contribution in [0.15, 0.2) is 24.3 Å². The zero-order chi connectivity index (χ0) is 14.1. The molecular formula is C14H13Cl2N3O. The lowest BCUT2D eigenvalue weighted by molar-refractivity contribution is 0.414. The number of anilines is 1. The fourth-order valence-electron chi connectivity index (χ4n) is 2.36. The molecular weight excluding hydrogens is 297 g/mol. The summed E-state index contributed by atoms with van der Waals surface area (Å²) in [5.41, 5.74) is 2.16. The molecule has 0 N–H and O–H groups in total. The van der Waals surface area contributed by atoms with E-state index in [2.05, 4.69) is 14.9 Å². The standard InChI is InChI=1S/C14H13Cl2N3O/c1-20-10-4-2-9(3-5-10)8-19-7-6-11-12(15)17-14(16)18-13(11)19/h2-5H,6-8H2,1H3. The van der Waals surface area contributed by atoms with Crippen molar-refractivity contribution in [3.8, 4) is 5.75 Å². The second-order valence-corrected chi connectivity index (χ2v) is 5.30. The first-order valence-corrected chi connectivity index (χ1v) is 7.03. The predicted molar refractivity (Wildman–Crippen MR) is 79.8 cm³/mol. The van der Waals surface area contributed by atoms with Crippen molar-refractivity contribution in [1.29, 1.82) is 0 Å². The maximum absolute atomic E-state index is 6.10. The number of nitrogens with zero attached hydrogens (tertiary/aromatic N) is 3. The van der Waals surface area contributed by atoms with E-state index >= 15 is 0 Å². The Labute approximate surface area is 127 Å². The molecule has 0 amide bonds. The number of aromatic nitrogens is 2. The van der Waals surface area contributed by atoms with Crippen molar-refractivity contribution in [2.75, 3.05) is 18.6 Å². The summed E-state index contributed by atoms with van der Waals surface area (Å²) in [6.45, 7) is 1.64. The van der Waals surface area contributed by atoms with Crippen LogP contribution in [0.2, 0.25) is 10.4 Å². The summed E-state index contributed by atoms with van der Waals surface area (Å²) in [4.78, 5) is 10.4. The molecule has 1 aliphatic heterocycles. The van der Waals surface area contributed by atoms with Crippen molar-refractivity contribution in [3.63, 3.8) is 0 Å². The van der Waals surface area contributed by atoms with Gasteiger partial charge in [-0.25, -0.2) is 9.97 Å². The van der Waals surface area contributed by atoms with Crippen molar-refractivity contribution < 1.29 is 4.74 Å². The van der Waals surface area contributed by atoms with Crippen LogP contribution in [-0.4, -0.2) is 23.6 Å². The molecule has 104 valence electrons. The van der Waals surface area contributed by atoms with Crippen LogP contribution in [0.5, 0.6) is 5.75 Å². The summed E-state index contributed by atoms with van der Waals surface area (Å²) in [7, 11) is 1.66. The van der Waals surface area contributed by atoms with Gasteiger partial charge in [0.1, 0.15) is 16.7 Å². The van der Waals surface area contributed by atoms with Gasteiger partial charge in [-0.05, 0) is 35.7 Å². The summed E-state index contributed by atoms with van der Waals surface area (Å²) in [6.07, 6.45) is 0.849. The Morgan fingerprint density at radius 2 is 1.95 bits per heavy atom. The molecule has 1 aromatic carbocycles. The summed E-state index contributed by atoms with van der Waals surface area (Å²) < 4.78 is 5.16. The fraction of sp³-hybridized carbons (Fsp3) is 0.286. The van der Waals surface area contributed by atoms with E-state index in [0.717, 1.165) is 36.6 Å². The molecule has 0 aliphatic carbocycles. The van der Waals surface area contributed by atoms with Crippen LogP contribution in [0, 0.1) is 0 Å². The van der Waals surface area contributed by atoms with Gasteiger partial charge in [0.15, 0.2) is 0 Å². The highest BCUT2D eigenvalue weighted by Gasteiger charge is 2.24. The van der Waals surface area contributed by atoms with Gasteiger partial charge in [-0.2, -0.15) is 0 Å². The smallest absolute Gasteiger partial charge is 0.225 e. The molecule has 4 nitrogen and oxygen atoms in total. The number of fused-ring (bicyclic) bond motifs is 1. The second kappa shape index (κ2) is 5.46. The van der Waals surface area contributed by atoms with Crippen LogP contribution in [0.1, 0.15) is 11.1 Å². The molecule has 2 heterocycles. The van der Waals surface area contributed by atoms with Crippen LogP contribution in [0.25, 0.3) is 0 Å². The first-order valence-electron chi connectivity index (χ1n) is 6.27. The molecule has 2 aromatic rings. The maximum atomic E-state index is 6.10. The highest BCUT2D eigenvalue weighted by Crippen LogP contribution is 2.32. The number of ether oxygens (including phenoxy) is 1. The van der Waals surface area contributed by atoms with Crippen LogP contribution >= 0.6 is 23.2 Å². The number of rotatable bonds is 3. The second-order valence-electron chi connectivity index (χ2n) is 4.61. The highest BCUT2D eigenvalue weighted by atomic mass is 35.5. The summed E-state index contributed by atoms with van der Waals surface area (Å²) in [5, 5.41) is 0.646. The lowest BCUT2D eigenvalue weighted by Crippen LogP contribution is -2.20. The Bertz CT molecular complexity index is 631. The minimum absolute atomic E-state index is 0.190. The third-order valence-electron chi connectivity index (χ3n) is 3.37. The highest BCUT2D eigenvalue weighted by molar-refractivity contribution is 6.32. The first-order chi connectivity index (χ1) is 9.67. The fourth-order valence-corrected chi connectivity index (χ4v) is 2.82. The van der Waals surface area contributed by atoms with Crippen LogP contribution in [0.3, 0.4) is 0 Å². The third-order valence-corrected chi connectivity index (χ3v) is 3.85. The predicted octanol–water partition coefficient (Wildman–Crippen LogP) is 3.35. The van der Waals surface area contributed by atoms with Crippen molar-refractivity contribution >= 4 is 29.0 Å². The van der Waals surface area contributed by atoms with Gasteiger partial charge in [0.2, 0.25) is 5.28 Å². The van der Waals surface area contributed by atoms with Gasteiger partial charge in [0.25, 0.3) is 0 Å². The van der Waals surface area contributed by atoms with Crippen molar-refractivity contribution in [2.45, 2.75) is 13.0 Å². The zero-order valence-electron chi connectivity index (χ0n) is 10.9. The average Bonchev–Trinajstić information content (AvgIpc) is 2.83. The number of benzene rings is 1. The molecule has 0 fully saturated rings. The largest absolute Gasteiger partial charge is 0.497 e. The Balaban J connectivity index is 1.84. The lowest BCUT2D eigenvalue weighted by Gasteiger charge is -2.18. The van der Waals surface area contributed by atoms with Gasteiger partial charge in [-0.3, -0.25) is 0 Å². The van der Waals surface area contributed by atoms with E-state index in [9.17, 15) is 0 Å². The molecule has 0 unspecified atom stereocenters. The molecule has 20 heavy (non-hydrogen) atoms. The van der Waals surface area contributed by atoms with Crippen molar-refractivity contribution in [1.82, 2.24) is 9.97 Å². The zero-order valence-corrected chi connectivity index (χ0v) is 12.4. The van der Waals surface area contributed by atoms with Crippen molar-refractivity contribution in [2.24, 2.45) is 0 Å². The van der Waals surface area contributed by atoms with E-state index < -0.39 is 0 Å². The van der Waals surface area contributed by atoms with E-state index in [1.54, 1.807) is 7.11 Å². The maximum Gasteiger partial charge on any atom is 0.225 e. The minimum Gasteiger partial charge on any atom is -0.497 e. The Morgan fingerprint density at radius 3 is 2.65 bits per heavy atom. The summed E-state index contributed by atoms with van der Waals surface area (Å²) in [6, 6.07) is 7.99. The van der Waals surface area contributed by atoms with Gasteiger partial charge < -0.3 is 9.64 Å². The lowest BCUT2D eigenvalue weighted by atomic mass is 10.2. The third kappa shape index (κ3) is 2.53. The van der Waals surface area contributed by atoms with Crippen LogP contribution < -0.4 is 9.64 Å². The first kappa shape index (κ1) is 13.5. The monoisotopic (exact) mass is 309 g/mol. The Morgan fingerprint density at radius 1 is 1.20 bits per heavy atom. The number of hydrogen-bond acceptors (Lipinski definition) is 4. The summed E-state index contributed by atoms with van der Waals surface area (Å²) in [5.74, 6) is 1.69. The van der Waals surface area contributed by atoms with E-state index in [4.69, 9.17) is 27.9 Å². The molecule has 3 rings (SSSR count). The number of methoxy groups -OCH3 is 1. The van der Waals surface area contributed by atoms with Crippen LogP contribution in [0.4, 0.5) is 5.82 Å². The quantitative estimate of drug-likeness (QED) is 0.644. The number of hydrogen-bond donors (Lipinski definition) is 0. The molecule has 0 spiro atoms. The molecule has 0 bridgehead atoms. The molecule has 0 radical (unpaired) electrons. The van der Waals surface area contributed by atoms with E-state index in [0.29, 0.717) is 5.15 Å². The topological polar surface area (TPSA) is 38.2 Å². The Kier molecular flexibility index (Phi) is 3.68. The Hall–Kier alpha value is -1.52. The number of halogens is 2. The molecule has 1 aromatic heterocycles. The SMILES string of the molecule is COc1ccc(CN2CCc3c(Cl)nc(Cl)nc32)cc1. The van der Waals surface area contributed by atoms with E-state index in [1.165, 1.54) is 5.56 Å².